The first kappa shape index (κ1) is 21.8. The van der Waals surface area contributed by atoms with Crippen molar-refractivity contribution in [1.82, 2.24) is 4.57 Å². The van der Waals surface area contributed by atoms with Gasteiger partial charge in [0.05, 0.1) is 0 Å². The first-order chi connectivity index (χ1) is 13.8. The maximum Gasteiger partial charge on any atom is 0.245 e. The van der Waals surface area contributed by atoms with E-state index in [0.717, 1.165) is 13.1 Å². The van der Waals surface area contributed by atoms with E-state index in [2.05, 4.69) is 100 Å². The minimum atomic E-state index is -10.7. The van der Waals surface area contributed by atoms with Crippen molar-refractivity contribution in [3.8, 4) is 0 Å². The summed E-state index contributed by atoms with van der Waals surface area (Å²) in [6.07, 6.45) is 2.23. The molecule has 1 heterocycles. The topological polar surface area (TPSA) is 8.81 Å². The molecule has 2 nitrogen and oxygen atoms in total. The van der Waals surface area contributed by atoms with Crippen LogP contribution in [0.4, 0.5) is 25.2 Å². The van der Waals surface area contributed by atoms with E-state index in [4.69, 9.17) is 0 Å². The molecule has 160 valence electrons. The Kier molecular flexibility index (Phi) is 5.41. The molecular formula is C21H19F6N2P. The monoisotopic (exact) mass is 444 g/mol. The summed E-state index contributed by atoms with van der Waals surface area (Å²) in [6, 6.07) is 29.8. The second-order valence-electron chi connectivity index (χ2n) is 6.79. The summed E-state index contributed by atoms with van der Waals surface area (Å²) < 4.78 is 63.8. The molecule has 4 aromatic rings. The first-order valence-corrected chi connectivity index (χ1v) is 11.0. The molecule has 9 heteroatoms. The van der Waals surface area contributed by atoms with Gasteiger partial charge in [-0.15, -0.1) is 0 Å². The van der Waals surface area contributed by atoms with Gasteiger partial charge in [0, 0.05) is 0 Å². The van der Waals surface area contributed by atoms with Gasteiger partial charge in [0.2, 0.25) is 6.33 Å². The predicted molar refractivity (Wildman–Crippen MR) is 107 cm³/mol. The third-order valence-electron chi connectivity index (χ3n) is 4.17. The summed E-state index contributed by atoms with van der Waals surface area (Å²) in [4.78, 5) is 0. The Morgan fingerprint density at radius 2 is 1.10 bits per heavy atom. The molecule has 0 radical (unpaired) electrons. The SMILES string of the molecule is F[P-](F)(F)(F)(F)F.c1ccc(Cn2c[n+](Cc3ccccc3)c3ccccc32)cc1. The Morgan fingerprint density at radius 1 is 0.633 bits per heavy atom. The van der Waals surface area contributed by atoms with E-state index in [1.54, 1.807) is 0 Å². The Labute approximate surface area is 169 Å². The fraction of sp³-hybridized carbons (Fsp3) is 0.0952. The molecule has 0 spiro atoms. The van der Waals surface area contributed by atoms with Crippen LogP contribution in [0, 0.1) is 0 Å². The van der Waals surface area contributed by atoms with Crippen molar-refractivity contribution in [2.75, 3.05) is 0 Å². The second-order valence-corrected chi connectivity index (χ2v) is 8.71. The van der Waals surface area contributed by atoms with Gasteiger partial charge in [0.25, 0.3) is 0 Å². The molecule has 0 amide bonds. The minimum absolute atomic E-state index is 0.892. The van der Waals surface area contributed by atoms with Gasteiger partial charge < -0.3 is 0 Å². The van der Waals surface area contributed by atoms with Gasteiger partial charge in [-0.1, -0.05) is 72.8 Å². The summed E-state index contributed by atoms with van der Waals surface area (Å²) in [5, 5.41) is 0. The number of hydrogen-bond donors (Lipinski definition) is 0. The van der Waals surface area contributed by atoms with Crippen LogP contribution in [0.2, 0.25) is 0 Å². The molecule has 0 fully saturated rings. The van der Waals surface area contributed by atoms with Gasteiger partial charge in [-0.3, -0.25) is 0 Å². The van der Waals surface area contributed by atoms with Crippen LogP contribution in [-0.2, 0) is 13.1 Å². The molecule has 0 N–H and O–H groups in total. The molecule has 0 bridgehead atoms. The van der Waals surface area contributed by atoms with Crippen LogP contribution in [0.3, 0.4) is 0 Å². The number of fused-ring (bicyclic) bond motifs is 1. The number of benzene rings is 3. The molecule has 0 saturated heterocycles. The molecule has 30 heavy (non-hydrogen) atoms. The van der Waals surface area contributed by atoms with Crippen molar-refractivity contribution in [3.05, 3.63) is 102 Å². The molecule has 4 rings (SSSR count). The van der Waals surface area contributed by atoms with Gasteiger partial charge in [-0.05, 0) is 23.3 Å². The van der Waals surface area contributed by atoms with E-state index in [-0.39, 0.29) is 0 Å². The average Bonchev–Trinajstić information content (AvgIpc) is 2.99. The van der Waals surface area contributed by atoms with Crippen molar-refractivity contribution >= 4 is 18.8 Å². The first-order valence-electron chi connectivity index (χ1n) is 8.97. The van der Waals surface area contributed by atoms with Crippen LogP contribution in [0.5, 0.6) is 0 Å². The third kappa shape index (κ3) is 7.52. The summed E-state index contributed by atoms with van der Waals surface area (Å²) in [5.74, 6) is 0. The van der Waals surface area contributed by atoms with Crippen LogP contribution in [0.25, 0.3) is 11.0 Å². The van der Waals surface area contributed by atoms with E-state index in [0.29, 0.717) is 0 Å². The molecule has 0 aliphatic carbocycles. The molecule has 0 unspecified atom stereocenters. The van der Waals surface area contributed by atoms with E-state index in [1.807, 2.05) is 0 Å². The smallest absolute Gasteiger partial charge is 0.226 e. The van der Waals surface area contributed by atoms with E-state index in [1.165, 1.54) is 22.2 Å². The van der Waals surface area contributed by atoms with Gasteiger partial charge in [-0.25, -0.2) is 9.13 Å². The van der Waals surface area contributed by atoms with Crippen molar-refractivity contribution in [2.45, 2.75) is 13.1 Å². The summed E-state index contributed by atoms with van der Waals surface area (Å²) in [7, 11) is -10.7. The summed E-state index contributed by atoms with van der Waals surface area (Å²) >= 11 is 0. The van der Waals surface area contributed by atoms with Gasteiger partial charge in [-0.2, -0.15) is 0 Å². The number of aromatic nitrogens is 2. The van der Waals surface area contributed by atoms with Crippen LogP contribution in [-0.4, -0.2) is 4.57 Å². The van der Waals surface area contributed by atoms with E-state index >= 15 is 0 Å². The van der Waals surface area contributed by atoms with Crippen LogP contribution in [0.15, 0.2) is 91.3 Å². The Balaban J connectivity index is 0.000000318. The maximum atomic E-state index is 9.87. The minimum Gasteiger partial charge on any atom is -0.226 e. The van der Waals surface area contributed by atoms with Crippen LogP contribution in [0.1, 0.15) is 11.1 Å². The molecule has 0 saturated carbocycles. The number of imidazole rings is 1. The van der Waals surface area contributed by atoms with Gasteiger partial charge in [0.15, 0.2) is 11.0 Å². The second kappa shape index (κ2) is 7.43. The molecule has 1 aromatic heterocycles. The number of hydrogen-bond acceptors (Lipinski definition) is 0. The van der Waals surface area contributed by atoms with Crippen molar-refractivity contribution in [3.63, 3.8) is 0 Å². The number of rotatable bonds is 4. The zero-order chi connectivity index (χ0) is 21.9. The fourth-order valence-electron chi connectivity index (χ4n) is 3.05. The standard InChI is InChI=1S/C21H19N2.F6P/c1-3-9-18(10-4-1)15-22-17-23(16-19-11-5-2-6-12-19)21-14-8-7-13-20(21)22;1-7(2,3,4,5)6/h1-14,17H,15-16H2;/q+1;-1. The Morgan fingerprint density at radius 3 is 1.67 bits per heavy atom. The van der Waals surface area contributed by atoms with Gasteiger partial charge >= 0.3 is 33.0 Å². The normalized spacial score (nSPS) is 13.8. The van der Waals surface area contributed by atoms with Crippen molar-refractivity contribution in [1.29, 1.82) is 0 Å². The Bertz CT molecular complexity index is 1040. The average molecular weight is 444 g/mol. The van der Waals surface area contributed by atoms with Crippen molar-refractivity contribution in [2.24, 2.45) is 0 Å². The zero-order valence-corrected chi connectivity index (χ0v) is 16.6. The van der Waals surface area contributed by atoms with E-state index < -0.39 is 7.81 Å². The van der Waals surface area contributed by atoms with Crippen LogP contribution < -0.4 is 4.57 Å². The van der Waals surface area contributed by atoms with Crippen molar-refractivity contribution < 1.29 is 29.7 Å². The van der Waals surface area contributed by atoms with Gasteiger partial charge in [0.1, 0.15) is 13.1 Å². The summed E-state index contributed by atoms with van der Waals surface area (Å²) in [6.45, 7) is 1.78. The number of halogens is 6. The number of para-hydroxylation sites is 2. The molecular weight excluding hydrogens is 425 g/mol. The molecule has 3 aromatic carbocycles. The van der Waals surface area contributed by atoms with Crippen LogP contribution >= 0.6 is 7.81 Å². The van der Waals surface area contributed by atoms with E-state index in [9.17, 15) is 25.2 Å². The molecule has 0 aliphatic heterocycles. The Hall–Kier alpha value is -2.86. The largest absolute Gasteiger partial charge is 0.245 e. The molecule has 0 aliphatic rings. The molecule has 0 atom stereocenters. The number of nitrogens with zero attached hydrogens (tertiary/aromatic N) is 2. The third-order valence-corrected chi connectivity index (χ3v) is 4.17. The zero-order valence-electron chi connectivity index (χ0n) is 15.7. The quantitative estimate of drug-likeness (QED) is 0.176. The fourth-order valence-corrected chi connectivity index (χ4v) is 3.05. The maximum absolute atomic E-state index is 10.7. The summed E-state index contributed by atoms with van der Waals surface area (Å²) in [5.41, 5.74) is 5.18. The predicted octanol–water partition coefficient (Wildman–Crippen LogP) is 7.41.